The quantitative estimate of drug-likeness (QED) is 0.740. The van der Waals surface area contributed by atoms with Crippen molar-refractivity contribution in [2.24, 2.45) is 5.41 Å². The Morgan fingerprint density at radius 1 is 1.59 bits per heavy atom. The lowest BCUT2D eigenvalue weighted by Gasteiger charge is -2.34. The summed E-state index contributed by atoms with van der Waals surface area (Å²) in [5, 5.41) is 12.7. The molecule has 0 spiro atoms. The van der Waals surface area contributed by atoms with Crippen molar-refractivity contribution in [3.8, 4) is 6.07 Å². The number of rotatable bonds is 1. The smallest absolute Gasteiger partial charge is 0.292 e. The zero-order valence-electron chi connectivity index (χ0n) is 10.1. The Hall–Kier alpha value is -1.83. The number of carbonyl (C=O) groups is 1. The molecule has 0 saturated carbocycles. The maximum Gasteiger partial charge on any atom is 0.292 e. The monoisotopic (exact) mass is 233 g/mol. The molecule has 0 radical (unpaired) electrons. The number of likely N-dealkylation sites (tertiary alicyclic amines) is 1. The molecule has 17 heavy (non-hydrogen) atoms. The van der Waals surface area contributed by atoms with Crippen LogP contribution < -0.4 is 0 Å². The van der Waals surface area contributed by atoms with Crippen molar-refractivity contribution < 1.29 is 9.32 Å². The van der Waals surface area contributed by atoms with Gasteiger partial charge < -0.3 is 9.42 Å². The predicted molar refractivity (Wildman–Crippen MR) is 60.1 cm³/mol. The molecule has 1 aromatic rings. The van der Waals surface area contributed by atoms with Crippen molar-refractivity contribution in [1.82, 2.24) is 10.1 Å². The first kappa shape index (κ1) is 11.6. The van der Waals surface area contributed by atoms with Crippen molar-refractivity contribution in [2.75, 3.05) is 13.1 Å². The summed E-state index contributed by atoms with van der Waals surface area (Å²) in [6.45, 7) is 4.92. The molecule has 2 heterocycles. The maximum atomic E-state index is 12.0. The molecule has 90 valence electrons. The second-order valence-corrected chi connectivity index (χ2v) is 4.80. The molecule has 5 heteroatoms. The average molecular weight is 233 g/mol. The maximum absolute atomic E-state index is 12.0. The highest BCUT2D eigenvalue weighted by molar-refractivity contribution is 5.91. The van der Waals surface area contributed by atoms with Crippen molar-refractivity contribution in [3.63, 3.8) is 0 Å². The molecule has 0 aromatic carbocycles. The number of hydrogen-bond donors (Lipinski definition) is 0. The largest absolute Gasteiger partial charge is 0.351 e. The number of hydrogen-bond acceptors (Lipinski definition) is 4. The van der Waals surface area contributed by atoms with Gasteiger partial charge in [-0.2, -0.15) is 5.26 Å². The Bertz CT molecular complexity index is 464. The molecule has 1 fully saturated rings. The van der Waals surface area contributed by atoms with Crippen LogP contribution >= 0.6 is 0 Å². The van der Waals surface area contributed by atoms with Gasteiger partial charge in [-0.1, -0.05) is 5.16 Å². The summed E-state index contributed by atoms with van der Waals surface area (Å²) >= 11 is 0. The van der Waals surface area contributed by atoms with Crippen LogP contribution in [-0.2, 0) is 0 Å². The van der Waals surface area contributed by atoms with Crippen molar-refractivity contribution in [3.05, 3.63) is 17.5 Å². The fourth-order valence-corrected chi connectivity index (χ4v) is 1.94. The van der Waals surface area contributed by atoms with Crippen LogP contribution in [-0.4, -0.2) is 29.1 Å². The van der Waals surface area contributed by atoms with Crippen LogP contribution in [0.3, 0.4) is 0 Å². The van der Waals surface area contributed by atoms with Gasteiger partial charge in [0.25, 0.3) is 5.91 Å². The van der Waals surface area contributed by atoms with Crippen LogP contribution in [0.5, 0.6) is 0 Å². The third-order valence-corrected chi connectivity index (χ3v) is 3.26. The number of carbonyl (C=O) groups excluding carboxylic acids is 1. The Balaban J connectivity index is 2.02. The standard InChI is InChI=1S/C12H15N3O2/c1-9-7-10(17-14-9)11(16)15-5-3-12(2,8-13)4-6-15/h7H,3-6H2,1-2H3. The molecular weight excluding hydrogens is 218 g/mol. The molecule has 0 N–H and O–H groups in total. The molecule has 0 aliphatic carbocycles. The van der Waals surface area contributed by atoms with Crippen molar-refractivity contribution >= 4 is 5.91 Å². The first-order valence-corrected chi connectivity index (χ1v) is 5.68. The van der Waals surface area contributed by atoms with Crippen LogP contribution in [0.15, 0.2) is 10.6 Å². The van der Waals surface area contributed by atoms with Gasteiger partial charge in [0.05, 0.1) is 17.2 Å². The minimum absolute atomic E-state index is 0.134. The summed E-state index contributed by atoms with van der Waals surface area (Å²) in [6, 6.07) is 3.95. The SMILES string of the molecule is Cc1cc(C(=O)N2CCC(C)(C#N)CC2)on1. The summed E-state index contributed by atoms with van der Waals surface area (Å²) in [4.78, 5) is 13.7. The van der Waals surface area contributed by atoms with E-state index in [9.17, 15) is 4.79 Å². The number of nitrogens with zero attached hydrogens (tertiary/aromatic N) is 3. The molecule has 5 nitrogen and oxygen atoms in total. The lowest BCUT2D eigenvalue weighted by atomic mass is 9.82. The fourth-order valence-electron chi connectivity index (χ4n) is 1.94. The fraction of sp³-hybridized carbons (Fsp3) is 0.583. The van der Waals surface area contributed by atoms with Gasteiger partial charge in [-0.05, 0) is 26.7 Å². The van der Waals surface area contributed by atoms with E-state index in [0.717, 1.165) is 0 Å². The lowest BCUT2D eigenvalue weighted by molar-refractivity contribution is 0.0620. The normalized spacial score (nSPS) is 18.8. The number of aryl methyl sites for hydroxylation is 1. The molecule has 2 rings (SSSR count). The topological polar surface area (TPSA) is 70.1 Å². The van der Waals surface area contributed by atoms with Crippen LogP contribution in [0.1, 0.15) is 36.0 Å². The summed E-state index contributed by atoms with van der Waals surface area (Å²) in [6.07, 6.45) is 1.42. The van der Waals surface area contributed by atoms with E-state index in [-0.39, 0.29) is 17.1 Å². The number of aromatic nitrogens is 1. The van der Waals surface area contributed by atoms with E-state index in [1.54, 1.807) is 17.9 Å². The number of nitriles is 1. The van der Waals surface area contributed by atoms with Gasteiger partial charge in [0.2, 0.25) is 5.76 Å². The summed E-state index contributed by atoms with van der Waals surface area (Å²) < 4.78 is 4.95. The van der Waals surface area contributed by atoms with Gasteiger partial charge in [0.1, 0.15) is 0 Å². The number of amides is 1. The van der Waals surface area contributed by atoms with E-state index < -0.39 is 0 Å². The second-order valence-electron chi connectivity index (χ2n) is 4.80. The van der Waals surface area contributed by atoms with Crippen LogP contribution in [0.2, 0.25) is 0 Å². The third kappa shape index (κ3) is 2.31. The molecule has 1 saturated heterocycles. The van der Waals surface area contributed by atoms with Crippen molar-refractivity contribution in [1.29, 1.82) is 5.26 Å². The highest BCUT2D eigenvalue weighted by Crippen LogP contribution is 2.30. The summed E-state index contributed by atoms with van der Waals surface area (Å²) in [5.74, 6) is 0.147. The summed E-state index contributed by atoms with van der Waals surface area (Å²) in [5.41, 5.74) is 0.404. The molecule has 1 aliphatic rings. The zero-order chi connectivity index (χ0) is 12.5. The first-order valence-electron chi connectivity index (χ1n) is 5.68. The third-order valence-electron chi connectivity index (χ3n) is 3.26. The molecule has 1 aromatic heterocycles. The Morgan fingerprint density at radius 2 is 2.24 bits per heavy atom. The minimum atomic E-state index is -0.298. The molecular formula is C12H15N3O2. The highest BCUT2D eigenvalue weighted by atomic mass is 16.5. The van der Waals surface area contributed by atoms with Gasteiger partial charge in [-0.15, -0.1) is 0 Å². The molecule has 0 unspecified atom stereocenters. The highest BCUT2D eigenvalue weighted by Gasteiger charge is 2.33. The first-order chi connectivity index (χ1) is 8.04. The van der Waals surface area contributed by atoms with Crippen molar-refractivity contribution in [2.45, 2.75) is 26.7 Å². The lowest BCUT2D eigenvalue weighted by Crippen LogP contribution is -2.41. The summed E-state index contributed by atoms with van der Waals surface area (Å²) in [7, 11) is 0. The average Bonchev–Trinajstić information content (AvgIpc) is 2.76. The van der Waals surface area contributed by atoms with Gasteiger partial charge >= 0.3 is 0 Å². The van der Waals surface area contributed by atoms with Gasteiger partial charge in [-0.25, -0.2) is 0 Å². The van der Waals surface area contributed by atoms with Gasteiger partial charge in [0.15, 0.2) is 0 Å². The predicted octanol–water partition coefficient (Wildman–Crippen LogP) is 1.75. The van der Waals surface area contributed by atoms with E-state index >= 15 is 0 Å². The molecule has 1 amide bonds. The Labute approximate surface area is 100.0 Å². The number of piperidine rings is 1. The van der Waals surface area contributed by atoms with E-state index in [2.05, 4.69) is 11.2 Å². The Kier molecular flexibility index (Phi) is 2.88. The van der Waals surface area contributed by atoms with Crippen LogP contribution in [0, 0.1) is 23.7 Å². The minimum Gasteiger partial charge on any atom is -0.351 e. The van der Waals surface area contributed by atoms with Gasteiger partial charge in [-0.3, -0.25) is 4.79 Å². The molecule has 0 atom stereocenters. The zero-order valence-corrected chi connectivity index (χ0v) is 10.1. The van der Waals surface area contributed by atoms with Crippen LogP contribution in [0.4, 0.5) is 0 Å². The van der Waals surface area contributed by atoms with E-state index in [0.29, 0.717) is 31.6 Å². The molecule has 1 aliphatic heterocycles. The van der Waals surface area contributed by atoms with E-state index in [1.165, 1.54) is 0 Å². The molecule has 0 bridgehead atoms. The van der Waals surface area contributed by atoms with E-state index in [4.69, 9.17) is 9.78 Å². The van der Waals surface area contributed by atoms with Gasteiger partial charge in [0, 0.05) is 19.2 Å². The van der Waals surface area contributed by atoms with Crippen LogP contribution in [0.25, 0.3) is 0 Å². The van der Waals surface area contributed by atoms with E-state index in [1.807, 2.05) is 6.92 Å². The Morgan fingerprint density at radius 3 is 2.71 bits per heavy atom. The second kappa shape index (κ2) is 4.21.